The molecule has 5 rings (SSSR count). The molecule has 7 nitrogen and oxygen atoms in total. The van der Waals surface area contributed by atoms with Gasteiger partial charge in [-0.1, -0.05) is 12.1 Å². The van der Waals surface area contributed by atoms with Crippen molar-refractivity contribution in [2.45, 2.75) is 19.3 Å². The summed E-state index contributed by atoms with van der Waals surface area (Å²) in [6.45, 7) is 0. The summed E-state index contributed by atoms with van der Waals surface area (Å²) in [6, 6.07) is 11.5. The monoisotopic (exact) mass is 500 g/mol. The van der Waals surface area contributed by atoms with Crippen molar-refractivity contribution in [2.75, 3.05) is 0 Å². The zero-order chi connectivity index (χ0) is 25.1. The quantitative estimate of drug-likeness (QED) is 0.254. The summed E-state index contributed by atoms with van der Waals surface area (Å²) in [5.41, 5.74) is 1.96. The highest BCUT2D eigenvalue weighted by molar-refractivity contribution is 7.22. The van der Waals surface area contributed by atoms with Gasteiger partial charge in [-0.2, -0.15) is 0 Å². The first-order valence-corrected chi connectivity index (χ1v) is 12.0. The second-order valence-electron chi connectivity index (χ2n) is 8.33. The highest BCUT2D eigenvalue weighted by Gasteiger charge is 2.16. The topological polar surface area (TPSA) is 87.0 Å². The Hall–Kier alpha value is -4.24. The smallest absolute Gasteiger partial charge is 0.166 e. The summed E-state index contributed by atoms with van der Waals surface area (Å²) >= 11 is 1.46. The van der Waals surface area contributed by atoms with Gasteiger partial charge < -0.3 is 9.30 Å². The molecule has 0 N–H and O–H groups in total. The molecule has 0 saturated carbocycles. The molecule has 9 heteroatoms. The van der Waals surface area contributed by atoms with Crippen LogP contribution in [0.4, 0.5) is 4.39 Å². The first kappa shape index (κ1) is 23.5. The van der Waals surface area contributed by atoms with Gasteiger partial charge in [-0.15, -0.1) is 11.3 Å². The van der Waals surface area contributed by atoms with Gasteiger partial charge in [0.2, 0.25) is 0 Å². The van der Waals surface area contributed by atoms with Crippen LogP contribution in [-0.2, 0) is 29.5 Å². The number of carbonyl (C=O) groups is 2. The summed E-state index contributed by atoms with van der Waals surface area (Å²) in [7, 11) is 1.91. The number of aromatic nitrogens is 4. The number of imidazole rings is 1. The van der Waals surface area contributed by atoms with Crippen LogP contribution in [0.5, 0.6) is 11.5 Å². The van der Waals surface area contributed by atoms with Crippen molar-refractivity contribution >= 4 is 33.1 Å². The number of nitrogens with zero attached hydrogens (tertiary/aromatic N) is 4. The minimum atomic E-state index is -0.590. The summed E-state index contributed by atoms with van der Waals surface area (Å²) in [6.07, 6.45) is 8.33. The summed E-state index contributed by atoms with van der Waals surface area (Å²) in [5, 5.41) is 0. The Morgan fingerprint density at radius 1 is 0.972 bits per heavy atom. The molecule has 4 aromatic heterocycles. The summed E-state index contributed by atoms with van der Waals surface area (Å²) < 4.78 is 23.5. The fraction of sp³-hybridized carbons (Fsp3) is 0.148. The predicted octanol–water partition coefficient (Wildman–Crippen LogP) is 5.34. The van der Waals surface area contributed by atoms with Crippen molar-refractivity contribution in [1.29, 1.82) is 0 Å². The Balaban J connectivity index is 1.27. The van der Waals surface area contributed by atoms with E-state index in [1.54, 1.807) is 49.1 Å². The third kappa shape index (κ3) is 5.21. The number of ether oxygens (including phenoxy) is 1. The highest BCUT2D eigenvalue weighted by Crippen LogP contribution is 2.39. The number of ketones is 2. The Morgan fingerprint density at radius 2 is 1.81 bits per heavy atom. The van der Waals surface area contributed by atoms with E-state index in [9.17, 15) is 14.0 Å². The van der Waals surface area contributed by atoms with Crippen LogP contribution in [0.25, 0.3) is 20.9 Å². The van der Waals surface area contributed by atoms with Gasteiger partial charge in [0.05, 0.1) is 21.5 Å². The number of hydrogen-bond donors (Lipinski definition) is 0. The van der Waals surface area contributed by atoms with Gasteiger partial charge in [0, 0.05) is 56.9 Å². The number of hydrogen-bond acceptors (Lipinski definition) is 7. The highest BCUT2D eigenvalue weighted by atomic mass is 32.1. The number of benzene rings is 1. The number of carbonyl (C=O) groups excluding carboxylic acids is 2. The normalized spacial score (nSPS) is 11.1. The molecule has 0 fully saturated rings. The van der Waals surface area contributed by atoms with Crippen molar-refractivity contribution in [1.82, 2.24) is 19.5 Å². The molecule has 0 aliphatic heterocycles. The van der Waals surface area contributed by atoms with Crippen LogP contribution in [-0.4, -0.2) is 31.1 Å². The van der Waals surface area contributed by atoms with Crippen LogP contribution in [0.1, 0.15) is 17.5 Å². The van der Waals surface area contributed by atoms with Crippen molar-refractivity contribution in [3.8, 4) is 22.2 Å². The molecule has 0 aliphatic rings. The molecule has 0 unspecified atom stereocenters. The maximum atomic E-state index is 14.9. The number of halogens is 1. The maximum Gasteiger partial charge on any atom is 0.166 e. The van der Waals surface area contributed by atoms with Crippen LogP contribution in [0.3, 0.4) is 0 Å². The second kappa shape index (κ2) is 10.2. The number of aryl methyl sites for hydroxylation is 1. The van der Waals surface area contributed by atoms with Crippen LogP contribution in [0.2, 0.25) is 0 Å². The summed E-state index contributed by atoms with van der Waals surface area (Å²) in [4.78, 5) is 38.2. The Kier molecular flexibility index (Phi) is 6.64. The molecule has 0 aliphatic carbocycles. The lowest BCUT2D eigenvalue weighted by Gasteiger charge is -2.09. The maximum absolute atomic E-state index is 14.9. The molecular weight excluding hydrogens is 479 g/mol. The zero-order valence-corrected chi connectivity index (χ0v) is 20.2. The van der Waals surface area contributed by atoms with Gasteiger partial charge in [0.15, 0.2) is 11.6 Å². The van der Waals surface area contributed by atoms with E-state index < -0.39 is 5.82 Å². The number of rotatable bonds is 9. The Labute approximate surface area is 210 Å². The molecular formula is C27H21FN4O3S. The van der Waals surface area contributed by atoms with Gasteiger partial charge in [-0.05, 0) is 35.4 Å². The average molecular weight is 501 g/mol. The number of Topliss-reactive ketones (excluding diaryl/α,β-unsaturated/α-hetero) is 2. The zero-order valence-electron chi connectivity index (χ0n) is 19.3. The van der Waals surface area contributed by atoms with E-state index in [4.69, 9.17) is 4.74 Å². The number of pyridine rings is 2. The molecule has 36 heavy (non-hydrogen) atoms. The SMILES string of the molecule is Cn1ccnc1-c1cc2nccc(Oc3ccc(CC(=O)CC(=O)Cc4cccnc4)cc3F)c2s1. The molecule has 0 amide bonds. The average Bonchev–Trinajstić information content (AvgIpc) is 3.47. The van der Waals surface area contributed by atoms with Crippen LogP contribution in [0, 0.1) is 5.82 Å². The van der Waals surface area contributed by atoms with Gasteiger partial charge in [-0.3, -0.25) is 19.6 Å². The van der Waals surface area contributed by atoms with E-state index >= 15 is 0 Å². The third-order valence-corrected chi connectivity index (χ3v) is 6.69. The number of thiophene rings is 1. The van der Waals surface area contributed by atoms with Crippen molar-refractivity contribution in [2.24, 2.45) is 7.05 Å². The minimum absolute atomic E-state index is 0.0343. The van der Waals surface area contributed by atoms with Crippen LogP contribution in [0.15, 0.2) is 73.4 Å². The van der Waals surface area contributed by atoms with Gasteiger partial charge in [0.1, 0.15) is 23.1 Å². The summed E-state index contributed by atoms with van der Waals surface area (Å²) in [5.74, 6) is 0.271. The van der Waals surface area contributed by atoms with E-state index in [1.807, 2.05) is 23.9 Å². The first-order chi connectivity index (χ1) is 17.5. The lowest BCUT2D eigenvalue weighted by Crippen LogP contribution is -2.12. The third-order valence-electron chi connectivity index (χ3n) is 5.55. The van der Waals surface area contributed by atoms with Crippen molar-refractivity contribution < 1.29 is 18.7 Å². The standard InChI is InChI=1S/C27H21FN4O3S/c1-32-10-9-31-27(32)25-15-22-26(36-25)24(6-8-30-22)35-23-5-4-17(13-21(23)28)11-19(33)14-20(34)12-18-3-2-7-29-16-18/h2-10,13,15-16H,11-12,14H2,1H3. The lowest BCUT2D eigenvalue weighted by atomic mass is 10.0. The number of fused-ring (bicyclic) bond motifs is 1. The Morgan fingerprint density at radius 3 is 2.53 bits per heavy atom. The first-order valence-electron chi connectivity index (χ1n) is 11.2. The van der Waals surface area contributed by atoms with Gasteiger partial charge in [-0.25, -0.2) is 9.37 Å². The van der Waals surface area contributed by atoms with Crippen LogP contribution >= 0.6 is 11.3 Å². The minimum Gasteiger partial charge on any atom is -0.453 e. The van der Waals surface area contributed by atoms with Gasteiger partial charge in [0.25, 0.3) is 0 Å². The molecule has 0 saturated heterocycles. The molecule has 0 spiro atoms. The molecule has 0 radical (unpaired) electrons. The largest absolute Gasteiger partial charge is 0.453 e. The van der Waals surface area contributed by atoms with Crippen molar-refractivity contribution in [3.63, 3.8) is 0 Å². The molecule has 5 aromatic rings. The Bertz CT molecular complexity index is 1560. The fourth-order valence-corrected chi connectivity index (χ4v) is 4.97. The molecule has 0 bridgehead atoms. The molecule has 4 heterocycles. The van der Waals surface area contributed by atoms with E-state index in [2.05, 4.69) is 15.0 Å². The van der Waals surface area contributed by atoms with E-state index in [0.29, 0.717) is 11.3 Å². The fourth-order valence-electron chi connectivity index (χ4n) is 3.87. The van der Waals surface area contributed by atoms with E-state index in [1.165, 1.54) is 23.5 Å². The van der Waals surface area contributed by atoms with Crippen LogP contribution < -0.4 is 4.74 Å². The molecule has 180 valence electrons. The lowest BCUT2D eigenvalue weighted by molar-refractivity contribution is -0.126. The predicted molar refractivity (Wildman–Crippen MR) is 135 cm³/mol. The molecule has 0 atom stereocenters. The van der Waals surface area contributed by atoms with E-state index in [0.717, 1.165) is 26.5 Å². The van der Waals surface area contributed by atoms with Gasteiger partial charge >= 0.3 is 0 Å². The second-order valence-corrected chi connectivity index (χ2v) is 9.38. The molecule has 1 aromatic carbocycles. The van der Waals surface area contributed by atoms with Crippen molar-refractivity contribution in [3.05, 3.63) is 90.4 Å². The van der Waals surface area contributed by atoms with E-state index in [-0.39, 0.29) is 36.6 Å².